The lowest BCUT2D eigenvalue weighted by molar-refractivity contribution is -0.133. The summed E-state index contributed by atoms with van der Waals surface area (Å²) in [4.78, 5) is 39.6. The number of hydrogen-bond donors (Lipinski definition) is 0. The lowest BCUT2D eigenvalue weighted by Crippen LogP contribution is -2.45. The molecule has 0 spiro atoms. The van der Waals surface area contributed by atoms with Gasteiger partial charge in [0.15, 0.2) is 0 Å². The first-order valence-electron chi connectivity index (χ1n) is 8.53. The van der Waals surface area contributed by atoms with Gasteiger partial charge in [-0.3, -0.25) is 18.7 Å². The van der Waals surface area contributed by atoms with Crippen LogP contribution in [0, 0.1) is 5.92 Å². The van der Waals surface area contributed by atoms with Gasteiger partial charge in [-0.25, -0.2) is 4.79 Å². The average molecular weight is 329 g/mol. The van der Waals surface area contributed by atoms with Crippen LogP contribution in [0.5, 0.6) is 0 Å². The Hall–Kier alpha value is -2.37. The van der Waals surface area contributed by atoms with Crippen molar-refractivity contribution in [1.29, 1.82) is 0 Å². The molecule has 1 aromatic carbocycles. The van der Waals surface area contributed by atoms with Crippen molar-refractivity contribution < 1.29 is 4.79 Å². The van der Waals surface area contributed by atoms with Gasteiger partial charge in [-0.15, -0.1) is 0 Å². The van der Waals surface area contributed by atoms with E-state index in [1.807, 2.05) is 4.90 Å². The van der Waals surface area contributed by atoms with E-state index in [4.69, 9.17) is 0 Å². The molecule has 24 heavy (non-hydrogen) atoms. The molecular formula is C18H23N3O3. The average Bonchev–Trinajstić information content (AvgIpc) is 2.59. The Bertz CT molecular complexity index is 881. The summed E-state index contributed by atoms with van der Waals surface area (Å²) in [6.45, 7) is 5.64. The molecule has 2 heterocycles. The van der Waals surface area contributed by atoms with Crippen LogP contribution in [0.3, 0.4) is 0 Å². The predicted molar refractivity (Wildman–Crippen MR) is 93.1 cm³/mol. The highest BCUT2D eigenvalue weighted by Gasteiger charge is 2.22. The van der Waals surface area contributed by atoms with Crippen LogP contribution in [0.2, 0.25) is 0 Å². The monoisotopic (exact) mass is 329 g/mol. The van der Waals surface area contributed by atoms with Crippen molar-refractivity contribution in [1.82, 2.24) is 14.0 Å². The van der Waals surface area contributed by atoms with Crippen LogP contribution in [0.4, 0.5) is 0 Å². The predicted octanol–water partition coefficient (Wildman–Crippen LogP) is 1.44. The van der Waals surface area contributed by atoms with E-state index in [1.54, 1.807) is 31.2 Å². The minimum absolute atomic E-state index is 0.0215. The zero-order valence-corrected chi connectivity index (χ0v) is 14.2. The molecule has 1 aliphatic rings. The minimum Gasteiger partial charge on any atom is -0.341 e. The Morgan fingerprint density at radius 3 is 2.67 bits per heavy atom. The Morgan fingerprint density at radius 1 is 1.21 bits per heavy atom. The number of fused-ring (bicyclic) bond motifs is 1. The van der Waals surface area contributed by atoms with E-state index in [0.717, 1.165) is 25.9 Å². The second-order valence-corrected chi connectivity index (χ2v) is 6.52. The number of likely N-dealkylation sites (tertiary alicyclic amines) is 1. The van der Waals surface area contributed by atoms with Crippen LogP contribution in [-0.2, 0) is 17.9 Å². The highest BCUT2D eigenvalue weighted by molar-refractivity contribution is 5.81. The number of nitrogens with zero attached hydrogens (tertiary/aromatic N) is 3. The molecule has 1 fully saturated rings. The topological polar surface area (TPSA) is 64.3 Å². The maximum atomic E-state index is 12.7. The van der Waals surface area contributed by atoms with E-state index in [9.17, 15) is 14.4 Å². The molecule has 1 aromatic heterocycles. The third kappa shape index (κ3) is 2.88. The van der Waals surface area contributed by atoms with Crippen molar-refractivity contribution in [3.05, 3.63) is 45.1 Å². The highest BCUT2D eigenvalue weighted by atomic mass is 16.2. The van der Waals surface area contributed by atoms with E-state index in [0.29, 0.717) is 16.8 Å². The Balaban J connectivity index is 2.04. The van der Waals surface area contributed by atoms with E-state index >= 15 is 0 Å². The van der Waals surface area contributed by atoms with E-state index in [2.05, 4.69) is 6.92 Å². The van der Waals surface area contributed by atoms with Gasteiger partial charge in [-0.1, -0.05) is 19.1 Å². The van der Waals surface area contributed by atoms with Crippen molar-refractivity contribution in [2.75, 3.05) is 13.1 Å². The number of aromatic nitrogens is 2. The fourth-order valence-electron chi connectivity index (χ4n) is 3.45. The van der Waals surface area contributed by atoms with Crippen LogP contribution < -0.4 is 11.2 Å². The number of piperidine rings is 1. The van der Waals surface area contributed by atoms with Crippen LogP contribution in [0.1, 0.15) is 26.7 Å². The summed E-state index contributed by atoms with van der Waals surface area (Å²) in [7, 11) is 0. The van der Waals surface area contributed by atoms with Crippen molar-refractivity contribution in [2.24, 2.45) is 5.92 Å². The maximum Gasteiger partial charge on any atom is 0.331 e. The molecule has 3 rings (SSSR count). The molecule has 0 N–H and O–H groups in total. The summed E-state index contributed by atoms with van der Waals surface area (Å²) in [5, 5.41) is 0.471. The lowest BCUT2D eigenvalue weighted by atomic mass is 10.0. The van der Waals surface area contributed by atoms with Gasteiger partial charge >= 0.3 is 5.69 Å². The number of rotatable bonds is 3. The molecule has 0 bridgehead atoms. The van der Waals surface area contributed by atoms with Gasteiger partial charge in [-0.05, 0) is 37.8 Å². The quantitative estimate of drug-likeness (QED) is 0.856. The highest BCUT2D eigenvalue weighted by Crippen LogP contribution is 2.16. The molecule has 1 aliphatic heterocycles. The summed E-state index contributed by atoms with van der Waals surface area (Å²) in [5.41, 5.74) is -0.191. The summed E-state index contributed by atoms with van der Waals surface area (Å²) >= 11 is 0. The van der Waals surface area contributed by atoms with Crippen LogP contribution in [0.25, 0.3) is 10.9 Å². The molecule has 0 aliphatic carbocycles. The summed E-state index contributed by atoms with van der Waals surface area (Å²) < 4.78 is 2.62. The first-order valence-corrected chi connectivity index (χ1v) is 8.53. The Morgan fingerprint density at radius 2 is 1.96 bits per heavy atom. The van der Waals surface area contributed by atoms with Crippen molar-refractivity contribution in [3.63, 3.8) is 0 Å². The van der Waals surface area contributed by atoms with Gasteiger partial charge in [0, 0.05) is 19.6 Å². The molecular weight excluding hydrogens is 306 g/mol. The zero-order valence-electron chi connectivity index (χ0n) is 14.2. The number of hydrogen-bond acceptors (Lipinski definition) is 3. The van der Waals surface area contributed by atoms with Gasteiger partial charge < -0.3 is 4.90 Å². The smallest absolute Gasteiger partial charge is 0.331 e. The van der Waals surface area contributed by atoms with Gasteiger partial charge in [0.1, 0.15) is 6.54 Å². The van der Waals surface area contributed by atoms with Crippen molar-refractivity contribution >= 4 is 16.8 Å². The zero-order chi connectivity index (χ0) is 17.3. The number of benzene rings is 1. The number of carbonyl (C=O) groups excluding carboxylic acids is 1. The van der Waals surface area contributed by atoms with Gasteiger partial charge in [-0.2, -0.15) is 0 Å². The first-order chi connectivity index (χ1) is 11.5. The standard InChI is InChI=1S/C18H23N3O3/c1-3-20-17(23)14-8-4-5-9-15(14)21(18(20)24)12-16(22)19-10-6-7-13(2)11-19/h4-5,8-9,13H,3,6-7,10-12H2,1-2H3/t13-/m0/s1. The molecule has 1 saturated heterocycles. The van der Waals surface area contributed by atoms with Gasteiger partial charge in [0.25, 0.3) is 5.56 Å². The van der Waals surface area contributed by atoms with Gasteiger partial charge in [0.2, 0.25) is 5.91 Å². The fourth-order valence-corrected chi connectivity index (χ4v) is 3.45. The largest absolute Gasteiger partial charge is 0.341 e. The molecule has 0 radical (unpaired) electrons. The Kier molecular flexibility index (Phi) is 4.55. The molecule has 1 atom stereocenters. The summed E-state index contributed by atoms with van der Waals surface area (Å²) in [5.74, 6) is 0.427. The van der Waals surface area contributed by atoms with Crippen LogP contribution >= 0.6 is 0 Å². The number of amides is 1. The lowest BCUT2D eigenvalue weighted by Gasteiger charge is -2.31. The van der Waals surface area contributed by atoms with Gasteiger partial charge in [0.05, 0.1) is 10.9 Å². The first kappa shape index (κ1) is 16.5. The molecule has 0 saturated carbocycles. The fraction of sp³-hybridized carbons (Fsp3) is 0.500. The minimum atomic E-state index is -0.417. The van der Waals surface area contributed by atoms with E-state index < -0.39 is 5.69 Å². The molecule has 6 nitrogen and oxygen atoms in total. The molecule has 128 valence electrons. The number of para-hydroxylation sites is 1. The third-order valence-corrected chi connectivity index (χ3v) is 4.75. The molecule has 0 unspecified atom stereocenters. The van der Waals surface area contributed by atoms with Crippen molar-refractivity contribution in [2.45, 2.75) is 39.8 Å². The number of carbonyl (C=O) groups is 1. The van der Waals surface area contributed by atoms with Crippen LogP contribution in [0.15, 0.2) is 33.9 Å². The van der Waals surface area contributed by atoms with Crippen LogP contribution in [-0.4, -0.2) is 33.0 Å². The molecule has 2 aromatic rings. The van der Waals surface area contributed by atoms with E-state index in [-0.39, 0.29) is 24.6 Å². The maximum absolute atomic E-state index is 12.7. The summed E-state index contributed by atoms with van der Waals surface area (Å²) in [6.07, 6.45) is 2.13. The van der Waals surface area contributed by atoms with Crippen molar-refractivity contribution in [3.8, 4) is 0 Å². The second-order valence-electron chi connectivity index (χ2n) is 6.52. The normalized spacial score (nSPS) is 18.1. The Labute approximate surface area is 140 Å². The summed E-state index contributed by atoms with van der Waals surface area (Å²) in [6, 6.07) is 6.98. The van der Waals surface area contributed by atoms with E-state index in [1.165, 1.54) is 9.13 Å². The molecule has 6 heteroatoms. The third-order valence-electron chi connectivity index (χ3n) is 4.75. The second kappa shape index (κ2) is 6.63. The molecule has 1 amide bonds. The SMILES string of the molecule is CCn1c(=O)c2ccccc2n(CC(=O)N2CCC[C@H](C)C2)c1=O.